The maximum atomic E-state index is 6.38. The van der Waals surface area contributed by atoms with Gasteiger partial charge < -0.3 is 13.9 Å². The fourth-order valence-electron chi connectivity index (χ4n) is 6.51. The lowest BCUT2D eigenvalue weighted by molar-refractivity contribution is 0.00578. The summed E-state index contributed by atoms with van der Waals surface area (Å²) in [6.45, 7) is 22.7. The first kappa shape index (κ1) is 37.4. The Balaban J connectivity index is 0.00000122. The monoisotopic (exact) mass is 673 g/mol. The molecule has 0 atom stereocenters. The summed E-state index contributed by atoms with van der Waals surface area (Å²) >= 11 is 0. The zero-order valence-corrected chi connectivity index (χ0v) is 31.8. The van der Waals surface area contributed by atoms with Crippen molar-refractivity contribution in [2.75, 3.05) is 0 Å². The first-order chi connectivity index (χ1) is 24.7. The summed E-state index contributed by atoms with van der Waals surface area (Å²) in [4.78, 5) is 0. The van der Waals surface area contributed by atoms with Crippen molar-refractivity contribution in [3.8, 4) is 39.1 Å². The molecule has 1 saturated heterocycles. The minimum Gasteiger partial charge on any atom is -0.399 e. The molecule has 3 nitrogen and oxygen atoms in total. The quantitative estimate of drug-likeness (QED) is 0.158. The van der Waals surface area contributed by atoms with Gasteiger partial charge in [0.25, 0.3) is 0 Å². The molecule has 0 aliphatic carbocycles. The number of hydrogen-bond acceptors (Lipinski definition) is 2. The van der Waals surface area contributed by atoms with Gasteiger partial charge in [-0.2, -0.15) is 0 Å². The Bertz CT molecular complexity index is 2050. The van der Waals surface area contributed by atoms with Gasteiger partial charge >= 0.3 is 7.12 Å². The lowest BCUT2D eigenvalue weighted by Crippen LogP contribution is -2.41. The predicted molar refractivity (Wildman–Crippen MR) is 223 cm³/mol. The van der Waals surface area contributed by atoms with Crippen LogP contribution in [0.25, 0.3) is 62.1 Å². The summed E-state index contributed by atoms with van der Waals surface area (Å²) in [6.07, 6.45) is 6.27. The second-order valence-corrected chi connectivity index (χ2v) is 13.3. The minimum atomic E-state index is -0.412. The van der Waals surface area contributed by atoms with E-state index in [0.29, 0.717) is 0 Å². The fraction of sp³-hybridized carbons (Fsp3) is 0.234. The molecule has 2 heterocycles. The van der Waals surface area contributed by atoms with Gasteiger partial charge in [-0.05, 0) is 110 Å². The average molecular weight is 674 g/mol. The number of nitrogens with zero attached hydrogens (tertiary/aromatic N) is 1. The van der Waals surface area contributed by atoms with Crippen LogP contribution in [0.4, 0.5) is 0 Å². The van der Waals surface area contributed by atoms with Crippen molar-refractivity contribution in [3.05, 3.63) is 145 Å². The summed E-state index contributed by atoms with van der Waals surface area (Å²) in [7, 11) is -0.412. The maximum absolute atomic E-state index is 6.38. The van der Waals surface area contributed by atoms with Gasteiger partial charge in [-0.3, -0.25) is 0 Å². The van der Waals surface area contributed by atoms with Crippen molar-refractivity contribution in [2.24, 2.45) is 0 Å². The van der Waals surface area contributed by atoms with Crippen molar-refractivity contribution in [2.45, 2.75) is 73.5 Å². The second kappa shape index (κ2) is 16.0. The fourth-order valence-corrected chi connectivity index (χ4v) is 6.51. The largest absolute Gasteiger partial charge is 0.494 e. The molecule has 0 unspecified atom stereocenters. The number of benzene rings is 5. The molecule has 0 N–H and O–H groups in total. The van der Waals surface area contributed by atoms with Gasteiger partial charge in [0.2, 0.25) is 0 Å². The smallest absolute Gasteiger partial charge is 0.399 e. The molecule has 4 heteroatoms. The Morgan fingerprint density at radius 3 is 1.65 bits per heavy atom. The molecule has 6 aromatic rings. The molecule has 0 spiro atoms. The van der Waals surface area contributed by atoms with E-state index in [1.807, 2.05) is 33.8 Å². The summed E-state index contributed by atoms with van der Waals surface area (Å²) in [5.74, 6) is 0. The number of fused-ring (bicyclic) bond motifs is 1. The third-order valence-corrected chi connectivity index (χ3v) is 9.71. The molecular formula is C47H52BNO2. The van der Waals surface area contributed by atoms with Gasteiger partial charge in [0.15, 0.2) is 0 Å². The van der Waals surface area contributed by atoms with Crippen LogP contribution in [0.5, 0.6) is 0 Å². The van der Waals surface area contributed by atoms with E-state index in [2.05, 4.69) is 179 Å². The van der Waals surface area contributed by atoms with Crippen LogP contribution in [0.3, 0.4) is 0 Å². The van der Waals surface area contributed by atoms with Gasteiger partial charge in [-0.15, -0.1) is 0 Å². The third kappa shape index (κ3) is 7.44. The molecule has 5 aromatic carbocycles. The number of hydrogen-bond donors (Lipinski definition) is 0. The Labute approximate surface area is 306 Å². The molecule has 0 saturated carbocycles. The van der Waals surface area contributed by atoms with E-state index in [1.165, 1.54) is 22.3 Å². The molecule has 0 amide bonds. The van der Waals surface area contributed by atoms with Crippen molar-refractivity contribution in [3.63, 3.8) is 0 Å². The van der Waals surface area contributed by atoms with Crippen LogP contribution in [0, 0.1) is 0 Å². The lowest BCUT2D eigenvalue weighted by Gasteiger charge is -2.32. The molecular weight excluding hydrogens is 621 g/mol. The SMILES string of the molecule is C=Cc1c(/C=C\C)n(-c2cc(-c3ccccc3)cc(-c3ccccc3)c2)c2ccc(-c3cccc(B4OC(C)(C)C(C)(C)O4)c3)cc12.CC.CC. The molecule has 51 heavy (non-hydrogen) atoms. The van der Waals surface area contributed by atoms with Gasteiger partial charge in [-0.25, -0.2) is 0 Å². The van der Waals surface area contributed by atoms with E-state index < -0.39 is 18.3 Å². The lowest BCUT2D eigenvalue weighted by atomic mass is 9.78. The first-order valence-corrected chi connectivity index (χ1v) is 18.3. The van der Waals surface area contributed by atoms with Crippen molar-refractivity contribution in [1.29, 1.82) is 0 Å². The van der Waals surface area contributed by atoms with E-state index in [0.717, 1.165) is 44.4 Å². The topological polar surface area (TPSA) is 23.4 Å². The number of allylic oxidation sites excluding steroid dienone is 1. The predicted octanol–water partition coefficient (Wildman–Crippen LogP) is 12.7. The molecule has 1 fully saturated rings. The van der Waals surface area contributed by atoms with Crippen LogP contribution in [-0.2, 0) is 9.31 Å². The van der Waals surface area contributed by atoms with E-state index in [-0.39, 0.29) is 0 Å². The Morgan fingerprint density at radius 1 is 0.588 bits per heavy atom. The number of aromatic nitrogens is 1. The normalized spacial score (nSPS) is 14.5. The Kier molecular flexibility index (Phi) is 11.7. The Morgan fingerprint density at radius 2 is 1.12 bits per heavy atom. The van der Waals surface area contributed by atoms with E-state index in [9.17, 15) is 0 Å². The molecule has 0 radical (unpaired) electrons. The standard InChI is InChI=1S/C43H40BNO2.2C2H6/c1-7-16-40-38(8-2)39-29-33(32-21-15-22-36(26-32)44-46-42(3,4)43(5,6)47-44)23-24-41(39)45(40)37-27-34(30-17-11-9-12-18-30)25-35(28-37)31-19-13-10-14-20-31;2*1-2/h7-29H,2H2,1,3-6H3;2*1-2H3/b16-7-;;. The van der Waals surface area contributed by atoms with Gasteiger partial charge in [-0.1, -0.05) is 137 Å². The Hall–Kier alpha value is -4.90. The highest BCUT2D eigenvalue weighted by atomic mass is 16.7. The van der Waals surface area contributed by atoms with Crippen LogP contribution in [-0.4, -0.2) is 22.9 Å². The minimum absolute atomic E-state index is 0.393. The number of rotatable bonds is 7. The van der Waals surface area contributed by atoms with Crippen LogP contribution < -0.4 is 5.46 Å². The van der Waals surface area contributed by atoms with E-state index in [4.69, 9.17) is 9.31 Å². The van der Waals surface area contributed by atoms with Crippen molar-refractivity contribution < 1.29 is 9.31 Å². The van der Waals surface area contributed by atoms with Gasteiger partial charge in [0, 0.05) is 16.6 Å². The third-order valence-electron chi connectivity index (χ3n) is 9.71. The first-order valence-electron chi connectivity index (χ1n) is 18.3. The second-order valence-electron chi connectivity index (χ2n) is 13.3. The highest BCUT2D eigenvalue weighted by Crippen LogP contribution is 2.39. The summed E-state index contributed by atoms with van der Waals surface area (Å²) in [5, 5.41) is 1.15. The van der Waals surface area contributed by atoms with Crippen LogP contribution in [0.1, 0.15) is 73.6 Å². The zero-order chi connectivity index (χ0) is 36.8. The van der Waals surface area contributed by atoms with Crippen LogP contribution in [0.2, 0.25) is 0 Å². The van der Waals surface area contributed by atoms with E-state index >= 15 is 0 Å². The summed E-state index contributed by atoms with van der Waals surface area (Å²) in [6, 6.07) is 43.4. The van der Waals surface area contributed by atoms with Crippen LogP contribution >= 0.6 is 0 Å². The average Bonchev–Trinajstić information content (AvgIpc) is 3.60. The van der Waals surface area contributed by atoms with Gasteiger partial charge in [0.05, 0.1) is 22.4 Å². The molecule has 1 aliphatic rings. The molecule has 0 bridgehead atoms. The molecule has 1 aliphatic heterocycles. The molecule has 1 aromatic heterocycles. The highest BCUT2D eigenvalue weighted by Gasteiger charge is 2.51. The summed E-state index contributed by atoms with van der Waals surface area (Å²) < 4.78 is 15.1. The van der Waals surface area contributed by atoms with Crippen molar-refractivity contribution in [1.82, 2.24) is 4.57 Å². The highest BCUT2D eigenvalue weighted by molar-refractivity contribution is 6.62. The van der Waals surface area contributed by atoms with Crippen molar-refractivity contribution >= 4 is 35.6 Å². The molecule has 7 rings (SSSR count). The summed E-state index contributed by atoms with van der Waals surface area (Å²) in [5.41, 5.74) is 11.6. The van der Waals surface area contributed by atoms with E-state index in [1.54, 1.807) is 0 Å². The van der Waals surface area contributed by atoms with Gasteiger partial charge in [0.1, 0.15) is 0 Å². The molecule has 260 valence electrons. The maximum Gasteiger partial charge on any atom is 0.494 e. The van der Waals surface area contributed by atoms with Crippen LogP contribution in [0.15, 0.2) is 134 Å². The zero-order valence-electron chi connectivity index (χ0n) is 31.8.